The Labute approximate surface area is 105 Å². The van der Waals surface area contributed by atoms with Crippen LogP contribution < -0.4 is 0 Å². The number of hydrogen-bond acceptors (Lipinski definition) is 3. The molecule has 0 spiro atoms. The fourth-order valence-corrected chi connectivity index (χ4v) is 3.31. The van der Waals surface area contributed by atoms with Gasteiger partial charge in [0.2, 0.25) is 0 Å². The zero-order valence-electron chi connectivity index (χ0n) is 10.1. The van der Waals surface area contributed by atoms with E-state index in [-0.39, 0.29) is 12.2 Å². The Bertz CT molecular complexity index is 476. The van der Waals surface area contributed by atoms with Crippen molar-refractivity contribution in [2.24, 2.45) is 0 Å². The molecular formula is C14H16O4. The third-order valence-corrected chi connectivity index (χ3v) is 4.44. The lowest BCUT2D eigenvalue weighted by Crippen LogP contribution is -2.16. The number of rotatable bonds is 3. The highest BCUT2D eigenvalue weighted by Crippen LogP contribution is 2.45. The second-order valence-corrected chi connectivity index (χ2v) is 5.62. The Morgan fingerprint density at radius 1 is 1.28 bits per heavy atom. The van der Waals surface area contributed by atoms with Gasteiger partial charge in [-0.1, -0.05) is 11.6 Å². The van der Waals surface area contributed by atoms with Crippen LogP contribution in [-0.2, 0) is 14.3 Å². The van der Waals surface area contributed by atoms with E-state index >= 15 is 0 Å². The van der Waals surface area contributed by atoms with Crippen molar-refractivity contribution in [3.05, 3.63) is 22.8 Å². The second kappa shape index (κ2) is 3.68. The van der Waals surface area contributed by atoms with Gasteiger partial charge in [-0.05, 0) is 37.7 Å². The van der Waals surface area contributed by atoms with Crippen molar-refractivity contribution in [2.45, 2.75) is 56.5 Å². The number of ether oxygens (including phenoxy) is 2. The number of fused-ring (bicyclic) bond motifs is 2. The van der Waals surface area contributed by atoms with Gasteiger partial charge in [0.15, 0.2) is 0 Å². The number of carboxylic acids is 1. The molecule has 1 N–H and O–H groups in total. The number of allylic oxidation sites excluding steroid dienone is 1. The SMILES string of the molecule is O=C(O)C1=C(CC2=CC3OC3CC2)C2OC2CC1. The van der Waals surface area contributed by atoms with Gasteiger partial charge in [0.05, 0.1) is 12.2 Å². The Kier molecular flexibility index (Phi) is 2.20. The zero-order valence-corrected chi connectivity index (χ0v) is 10.1. The molecule has 2 aliphatic carbocycles. The van der Waals surface area contributed by atoms with Crippen molar-refractivity contribution in [1.82, 2.24) is 0 Å². The molecule has 2 saturated heterocycles. The van der Waals surface area contributed by atoms with Gasteiger partial charge in [0.25, 0.3) is 0 Å². The first-order valence-electron chi connectivity index (χ1n) is 6.68. The Balaban J connectivity index is 1.59. The van der Waals surface area contributed by atoms with Crippen LogP contribution in [0, 0.1) is 0 Å². The summed E-state index contributed by atoms with van der Waals surface area (Å²) in [5, 5.41) is 9.28. The molecule has 2 heterocycles. The van der Waals surface area contributed by atoms with E-state index in [1.807, 2.05) is 0 Å². The molecule has 0 aromatic heterocycles. The number of epoxide rings is 2. The van der Waals surface area contributed by atoms with Gasteiger partial charge in [-0.25, -0.2) is 4.79 Å². The minimum absolute atomic E-state index is 0.0867. The molecule has 4 nitrogen and oxygen atoms in total. The second-order valence-electron chi connectivity index (χ2n) is 5.62. The molecule has 18 heavy (non-hydrogen) atoms. The van der Waals surface area contributed by atoms with E-state index in [1.165, 1.54) is 5.57 Å². The molecule has 0 bridgehead atoms. The van der Waals surface area contributed by atoms with Crippen LogP contribution in [0.25, 0.3) is 0 Å². The van der Waals surface area contributed by atoms with Crippen LogP contribution >= 0.6 is 0 Å². The molecule has 0 saturated carbocycles. The van der Waals surface area contributed by atoms with E-state index in [0.29, 0.717) is 24.2 Å². The minimum atomic E-state index is -0.768. The van der Waals surface area contributed by atoms with Crippen LogP contribution in [-0.4, -0.2) is 35.5 Å². The summed E-state index contributed by atoms with van der Waals surface area (Å²) in [6, 6.07) is 0. The van der Waals surface area contributed by atoms with E-state index < -0.39 is 5.97 Å². The van der Waals surface area contributed by atoms with E-state index in [9.17, 15) is 9.90 Å². The lowest BCUT2D eigenvalue weighted by molar-refractivity contribution is -0.132. The van der Waals surface area contributed by atoms with Gasteiger partial charge in [0, 0.05) is 5.57 Å². The molecule has 0 aromatic rings. The number of carboxylic acid groups (broad SMARTS) is 1. The fraction of sp³-hybridized carbons (Fsp3) is 0.643. The molecule has 4 unspecified atom stereocenters. The molecule has 0 aromatic carbocycles. The average Bonchev–Trinajstić information content (AvgIpc) is 3.22. The van der Waals surface area contributed by atoms with Crippen LogP contribution in [0.5, 0.6) is 0 Å². The van der Waals surface area contributed by atoms with Crippen molar-refractivity contribution >= 4 is 5.97 Å². The maximum absolute atomic E-state index is 11.3. The van der Waals surface area contributed by atoms with Crippen molar-refractivity contribution in [2.75, 3.05) is 0 Å². The van der Waals surface area contributed by atoms with Gasteiger partial charge in [-0.15, -0.1) is 0 Å². The third kappa shape index (κ3) is 1.71. The van der Waals surface area contributed by atoms with Crippen LogP contribution in [0.15, 0.2) is 22.8 Å². The normalized spacial score (nSPS) is 40.8. The summed E-state index contributed by atoms with van der Waals surface area (Å²) in [6.07, 6.45) is 7.73. The van der Waals surface area contributed by atoms with Crippen LogP contribution in [0.2, 0.25) is 0 Å². The summed E-state index contributed by atoms with van der Waals surface area (Å²) in [7, 11) is 0. The highest BCUT2D eigenvalue weighted by Gasteiger charge is 2.47. The maximum Gasteiger partial charge on any atom is 0.331 e. The zero-order chi connectivity index (χ0) is 12.3. The number of aliphatic carboxylic acids is 1. The molecule has 4 aliphatic rings. The Hall–Kier alpha value is -1.13. The first-order chi connectivity index (χ1) is 8.72. The predicted octanol–water partition coefficient (Wildman–Crippen LogP) is 1.81. The van der Waals surface area contributed by atoms with E-state index in [2.05, 4.69) is 6.08 Å². The molecule has 2 aliphatic heterocycles. The van der Waals surface area contributed by atoms with Gasteiger partial charge in [-0.2, -0.15) is 0 Å². The summed E-state index contributed by atoms with van der Waals surface area (Å²) < 4.78 is 11.0. The van der Waals surface area contributed by atoms with Crippen molar-refractivity contribution in [3.8, 4) is 0 Å². The maximum atomic E-state index is 11.3. The summed E-state index contributed by atoms with van der Waals surface area (Å²) in [6.45, 7) is 0. The van der Waals surface area contributed by atoms with Crippen LogP contribution in [0.4, 0.5) is 0 Å². The summed E-state index contributed by atoms with van der Waals surface area (Å²) in [5.74, 6) is -0.768. The van der Waals surface area contributed by atoms with E-state index in [1.54, 1.807) is 0 Å². The quantitative estimate of drug-likeness (QED) is 0.611. The first kappa shape index (κ1) is 10.8. The molecule has 96 valence electrons. The minimum Gasteiger partial charge on any atom is -0.478 e. The van der Waals surface area contributed by atoms with Crippen molar-refractivity contribution in [1.29, 1.82) is 0 Å². The smallest absolute Gasteiger partial charge is 0.331 e. The standard InChI is InChI=1S/C14H16O4/c15-14(16)8-2-4-11-13(18-11)9(8)5-7-1-3-10-12(6-7)17-10/h6,10-13H,1-5H2,(H,15,16). The van der Waals surface area contributed by atoms with Crippen molar-refractivity contribution in [3.63, 3.8) is 0 Å². The largest absolute Gasteiger partial charge is 0.478 e. The Morgan fingerprint density at radius 2 is 2.11 bits per heavy atom. The van der Waals surface area contributed by atoms with Gasteiger partial charge >= 0.3 is 5.97 Å². The van der Waals surface area contributed by atoms with E-state index in [4.69, 9.17) is 9.47 Å². The topological polar surface area (TPSA) is 62.4 Å². The molecule has 4 atom stereocenters. The highest BCUT2D eigenvalue weighted by atomic mass is 16.6. The lowest BCUT2D eigenvalue weighted by atomic mass is 9.85. The van der Waals surface area contributed by atoms with Crippen LogP contribution in [0.3, 0.4) is 0 Å². The molecule has 0 amide bonds. The molecule has 2 fully saturated rings. The summed E-state index contributed by atoms with van der Waals surface area (Å²) in [4.78, 5) is 11.3. The molecular weight excluding hydrogens is 232 g/mol. The monoisotopic (exact) mass is 248 g/mol. The van der Waals surface area contributed by atoms with Crippen molar-refractivity contribution < 1.29 is 19.4 Å². The van der Waals surface area contributed by atoms with Gasteiger partial charge in [0.1, 0.15) is 12.2 Å². The molecule has 0 radical (unpaired) electrons. The molecule has 4 heteroatoms. The Morgan fingerprint density at radius 3 is 2.89 bits per heavy atom. The molecule has 4 rings (SSSR count). The third-order valence-electron chi connectivity index (χ3n) is 4.44. The lowest BCUT2D eigenvalue weighted by Gasteiger charge is -2.17. The van der Waals surface area contributed by atoms with Gasteiger partial charge in [-0.3, -0.25) is 0 Å². The fourth-order valence-electron chi connectivity index (χ4n) is 3.31. The number of hydrogen-bond donors (Lipinski definition) is 1. The average molecular weight is 248 g/mol. The number of carbonyl (C=O) groups is 1. The summed E-state index contributed by atoms with van der Waals surface area (Å²) in [5.41, 5.74) is 2.94. The highest BCUT2D eigenvalue weighted by molar-refractivity contribution is 5.88. The van der Waals surface area contributed by atoms with Crippen LogP contribution in [0.1, 0.15) is 32.1 Å². The van der Waals surface area contributed by atoms with E-state index in [0.717, 1.165) is 31.3 Å². The summed E-state index contributed by atoms with van der Waals surface area (Å²) >= 11 is 0. The predicted molar refractivity (Wildman–Crippen MR) is 63.2 cm³/mol. The van der Waals surface area contributed by atoms with Gasteiger partial charge < -0.3 is 14.6 Å². The first-order valence-corrected chi connectivity index (χ1v) is 6.68.